The Balaban J connectivity index is 2.37. The van der Waals surface area contributed by atoms with Crippen molar-refractivity contribution in [2.45, 2.75) is 6.92 Å². The summed E-state index contributed by atoms with van der Waals surface area (Å²) < 4.78 is 7.65. The van der Waals surface area contributed by atoms with E-state index in [1.165, 1.54) is 6.92 Å². The summed E-state index contributed by atoms with van der Waals surface area (Å²) >= 11 is 9.25. The van der Waals surface area contributed by atoms with Gasteiger partial charge in [-0.3, -0.25) is 0 Å². The Morgan fingerprint density at radius 3 is 1.58 bits per heavy atom. The van der Waals surface area contributed by atoms with Crippen LogP contribution in [0.3, 0.4) is 0 Å². The quantitative estimate of drug-likeness (QED) is 0.736. The zero-order chi connectivity index (χ0) is 13.8. The van der Waals surface area contributed by atoms with Crippen molar-refractivity contribution in [2.24, 2.45) is 0 Å². The third-order valence-electron chi connectivity index (χ3n) is 2.34. The molecular weight excluding hydrogens is 393 g/mol. The number of carbonyl (C=O) groups excluding carboxylic acids is 1. The monoisotopic (exact) mass is 402 g/mol. The first-order valence-corrected chi connectivity index (χ1v) is 9.91. The summed E-state index contributed by atoms with van der Waals surface area (Å²) in [4.78, 5) is 11.3. The third kappa shape index (κ3) is 4.14. The zero-order valence-corrected chi connectivity index (χ0v) is 14.2. The molecule has 0 aliphatic heterocycles. The van der Waals surface area contributed by atoms with E-state index in [2.05, 4.69) is 0 Å². The Bertz CT molecular complexity index is 522. The molecule has 0 amide bonds. The van der Waals surface area contributed by atoms with E-state index < -0.39 is 20.6 Å². The van der Waals surface area contributed by atoms with Crippen molar-refractivity contribution in [3.8, 4) is 0 Å². The van der Waals surface area contributed by atoms with Crippen molar-refractivity contribution < 1.29 is 7.81 Å². The van der Waals surface area contributed by atoms with Gasteiger partial charge in [-0.1, -0.05) is 0 Å². The van der Waals surface area contributed by atoms with Gasteiger partial charge in [0.05, 0.1) is 0 Å². The first-order valence-electron chi connectivity index (χ1n) is 5.56. The molecule has 0 aliphatic carbocycles. The second-order valence-corrected chi connectivity index (χ2v) is 9.85. The summed E-state index contributed by atoms with van der Waals surface area (Å²) in [5.41, 5.74) is 0. The first-order chi connectivity index (χ1) is 9.06. The van der Waals surface area contributed by atoms with Crippen molar-refractivity contribution in [1.82, 2.24) is 0 Å². The molecule has 0 atom stereocenters. The number of benzene rings is 2. The maximum atomic E-state index is 11.3. The molecule has 0 aromatic heterocycles. The number of hydrogen-bond acceptors (Lipinski definition) is 2. The van der Waals surface area contributed by atoms with Crippen LogP contribution in [0.2, 0.25) is 10.0 Å². The molecule has 0 fully saturated rings. The Labute approximate surface area is 129 Å². The molecular formula is C14H11Cl2O2Sb. The number of carbonyl (C=O) groups is 1. The third-order valence-corrected chi connectivity index (χ3v) is 8.48. The van der Waals surface area contributed by atoms with Crippen LogP contribution in [0.15, 0.2) is 48.5 Å². The fourth-order valence-electron chi connectivity index (χ4n) is 1.54. The summed E-state index contributed by atoms with van der Waals surface area (Å²) in [7, 11) is 0. The molecule has 5 heteroatoms. The van der Waals surface area contributed by atoms with Gasteiger partial charge in [0.1, 0.15) is 0 Å². The summed E-state index contributed by atoms with van der Waals surface area (Å²) in [5.74, 6) is -0.257. The van der Waals surface area contributed by atoms with E-state index in [0.717, 1.165) is 7.02 Å². The zero-order valence-electron chi connectivity index (χ0n) is 10.1. The number of halogens is 2. The Morgan fingerprint density at radius 2 is 1.26 bits per heavy atom. The summed E-state index contributed by atoms with van der Waals surface area (Å²) in [5, 5.41) is 1.34. The van der Waals surface area contributed by atoms with E-state index in [1.807, 2.05) is 48.5 Å². The summed E-state index contributed by atoms with van der Waals surface area (Å²) in [6, 6.07) is 14.9. The van der Waals surface area contributed by atoms with Gasteiger partial charge in [0, 0.05) is 0 Å². The molecule has 0 N–H and O–H groups in total. The van der Waals surface area contributed by atoms with Crippen LogP contribution in [0.1, 0.15) is 6.92 Å². The van der Waals surface area contributed by atoms with Crippen molar-refractivity contribution in [3.05, 3.63) is 58.6 Å². The molecule has 2 aromatic carbocycles. The number of rotatable bonds is 3. The van der Waals surface area contributed by atoms with Crippen molar-refractivity contribution in [2.75, 3.05) is 0 Å². The van der Waals surface area contributed by atoms with E-state index in [1.54, 1.807) is 0 Å². The van der Waals surface area contributed by atoms with Gasteiger partial charge in [0.15, 0.2) is 0 Å². The fraction of sp³-hybridized carbons (Fsp3) is 0.0714. The second-order valence-electron chi connectivity index (χ2n) is 3.83. The molecule has 0 radical (unpaired) electrons. The van der Waals surface area contributed by atoms with Crippen LogP contribution < -0.4 is 7.02 Å². The molecule has 2 rings (SSSR count). The molecule has 0 saturated carbocycles. The van der Waals surface area contributed by atoms with Gasteiger partial charge in [-0.25, -0.2) is 0 Å². The van der Waals surface area contributed by atoms with Crippen LogP contribution in [0, 0.1) is 0 Å². The molecule has 0 unspecified atom stereocenters. The van der Waals surface area contributed by atoms with Crippen LogP contribution in [-0.2, 0) is 7.81 Å². The van der Waals surface area contributed by atoms with Gasteiger partial charge < -0.3 is 0 Å². The Hall–Kier alpha value is -0.692. The molecule has 0 spiro atoms. The van der Waals surface area contributed by atoms with E-state index in [9.17, 15) is 4.79 Å². The average Bonchev–Trinajstić information content (AvgIpc) is 2.38. The van der Waals surface area contributed by atoms with Gasteiger partial charge in [0.25, 0.3) is 0 Å². The Kier molecular flexibility index (Phi) is 5.15. The summed E-state index contributed by atoms with van der Waals surface area (Å²) in [6.07, 6.45) is 0. The van der Waals surface area contributed by atoms with E-state index in [-0.39, 0.29) is 5.97 Å². The van der Waals surface area contributed by atoms with Gasteiger partial charge >= 0.3 is 130 Å². The molecule has 2 aromatic rings. The molecule has 0 aliphatic rings. The van der Waals surface area contributed by atoms with Crippen molar-refractivity contribution in [3.63, 3.8) is 0 Å². The van der Waals surface area contributed by atoms with E-state index in [0.29, 0.717) is 10.0 Å². The second kappa shape index (κ2) is 6.65. The fourth-order valence-corrected chi connectivity index (χ4v) is 6.37. The minimum absolute atomic E-state index is 0.257. The summed E-state index contributed by atoms with van der Waals surface area (Å²) in [6.45, 7) is 1.43. The predicted molar refractivity (Wildman–Crippen MR) is 79.7 cm³/mol. The molecule has 0 bridgehead atoms. The van der Waals surface area contributed by atoms with Gasteiger partial charge in [0.2, 0.25) is 0 Å². The molecule has 98 valence electrons. The normalized spacial score (nSPS) is 10.5. The van der Waals surface area contributed by atoms with Crippen LogP contribution in [0.5, 0.6) is 0 Å². The van der Waals surface area contributed by atoms with E-state index >= 15 is 0 Å². The topological polar surface area (TPSA) is 26.3 Å². The standard InChI is InChI=1S/2C6H4Cl.C2H4O2.Sb/c2*7-6-4-2-1-3-5-6;1-2(3)4;/h2*2-5H;1H3,(H,3,4);/q;;;+1/p-1. The molecule has 0 saturated heterocycles. The van der Waals surface area contributed by atoms with Gasteiger partial charge in [-0.15, -0.1) is 0 Å². The van der Waals surface area contributed by atoms with Crippen LogP contribution in [0.4, 0.5) is 0 Å². The predicted octanol–water partition coefficient (Wildman–Crippen LogP) is 2.66. The van der Waals surface area contributed by atoms with Gasteiger partial charge in [-0.2, -0.15) is 0 Å². The first kappa shape index (κ1) is 14.7. The Morgan fingerprint density at radius 1 is 0.895 bits per heavy atom. The number of hydrogen-bond donors (Lipinski definition) is 0. The van der Waals surface area contributed by atoms with E-state index in [4.69, 9.17) is 26.2 Å². The minimum atomic E-state index is -2.52. The molecule has 2 nitrogen and oxygen atoms in total. The SMILES string of the molecule is CC(=O)[O][Sb]([c]1ccc(Cl)cc1)[c]1ccc(Cl)cc1. The molecule has 19 heavy (non-hydrogen) atoms. The van der Waals surface area contributed by atoms with Crippen molar-refractivity contribution in [1.29, 1.82) is 0 Å². The van der Waals surface area contributed by atoms with Gasteiger partial charge in [-0.05, 0) is 0 Å². The average molecular weight is 404 g/mol. The van der Waals surface area contributed by atoms with Crippen molar-refractivity contribution >= 4 is 56.8 Å². The maximum absolute atomic E-state index is 11.3. The van der Waals surface area contributed by atoms with Crippen LogP contribution in [-0.4, -0.2) is 26.6 Å². The molecule has 0 heterocycles. The van der Waals surface area contributed by atoms with Crippen LogP contribution >= 0.6 is 23.2 Å². The van der Waals surface area contributed by atoms with Crippen LogP contribution in [0.25, 0.3) is 0 Å².